The van der Waals surface area contributed by atoms with Crippen molar-refractivity contribution in [2.24, 2.45) is 5.92 Å². The van der Waals surface area contributed by atoms with Gasteiger partial charge in [0, 0.05) is 25.4 Å². The first-order valence-electron chi connectivity index (χ1n) is 7.63. The number of hydrogen-bond acceptors (Lipinski definition) is 3. The van der Waals surface area contributed by atoms with Crippen LogP contribution < -0.4 is 15.4 Å². The Labute approximate surface area is 136 Å². The molecule has 1 aliphatic heterocycles. The average Bonchev–Trinajstić information content (AvgIpc) is 2.49. The summed E-state index contributed by atoms with van der Waals surface area (Å²) in [5, 5.41) is 6.15. The third kappa shape index (κ3) is 5.39. The highest BCUT2D eigenvalue weighted by molar-refractivity contribution is 6.32. The zero-order chi connectivity index (χ0) is 15.9. The van der Waals surface area contributed by atoms with Crippen molar-refractivity contribution < 1.29 is 14.3 Å². The van der Waals surface area contributed by atoms with E-state index in [1.165, 1.54) is 0 Å². The number of anilines is 1. The number of nitrogens with one attached hydrogen (secondary N) is 2. The van der Waals surface area contributed by atoms with Crippen LogP contribution in [0.1, 0.15) is 26.7 Å². The number of rotatable bonds is 5. The van der Waals surface area contributed by atoms with Crippen LogP contribution in [0.5, 0.6) is 5.75 Å². The fraction of sp³-hybridized carbons (Fsp3) is 0.562. The van der Waals surface area contributed by atoms with Gasteiger partial charge in [-0.2, -0.15) is 0 Å². The van der Waals surface area contributed by atoms with E-state index in [9.17, 15) is 4.79 Å². The van der Waals surface area contributed by atoms with Gasteiger partial charge < -0.3 is 20.1 Å². The van der Waals surface area contributed by atoms with Crippen LogP contribution in [0.4, 0.5) is 10.5 Å². The van der Waals surface area contributed by atoms with E-state index in [2.05, 4.69) is 10.6 Å². The average molecular weight is 327 g/mol. The predicted molar refractivity (Wildman–Crippen MR) is 87.8 cm³/mol. The lowest BCUT2D eigenvalue weighted by atomic mass is 10.0. The summed E-state index contributed by atoms with van der Waals surface area (Å²) in [6.45, 7) is 6.09. The number of urea groups is 1. The van der Waals surface area contributed by atoms with E-state index in [1.807, 2.05) is 13.8 Å². The highest BCUT2D eigenvalue weighted by atomic mass is 35.5. The van der Waals surface area contributed by atoms with Gasteiger partial charge in [-0.1, -0.05) is 11.6 Å². The van der Waals surface area contributed by atoms with Crippen LogP contribution in [-0.2, 0) is 4.74 Å². The maximum atomic E-state index is 11.9. The van der Waals surface area contributed by atoms with Gasteiger partial charge in [0.1, 0.15) is 5.75 Å². The molecule has 0 radical (unpaired) electrons. The molecule has 0 unspecified atom stereocenters. The summed E-state index contributed by atoms with van der Waals surface area (Å²) in [5.41, 5.74) is 0.644. The van der Waals surface area contributed by atoms with Crippen LogP contribution in [-0.4, -0.2) is 31.9 Å². The molecule has 122 valence electrons. The van der Waals surface area contributed by atoms with Gasteiger partial charge in [-0.25, -0.2) is 4.79 Å². The largest absolute Gasteiger partial charge is 0.489 e. The molecule has 1 heterocycles. The Kier molecular flexibility index (Phi) is 6.34. The Hall–Kier alpha value is -1.46. The van der Waals surface area contributed by atoms with Gasteiger partial charge >= 0.3 is 6.03 Å². The van der Waals surface area contributed by atoms with E-state index in [4.69, 9.17) is 21.1 Å². The zero-order valence-corrected chi connectivity index (χ0v) is 13.8. The Bertz CT molecular complexity index is 502. The normalized spacial score (nSPS) is 15.6. The van der Waals surface area contributed by atoms with Crippen LogP contribution in [0, 0.1) is 5.92 Å². The van der Waals surface area contributed by atoms with Crippen LogP contribution in [0.25, 0.3) is 0 Å². The van der Waals surface area contributed by atoms with Crippen LogP contribution >= 0.6 is 11.6 Å². The fourth-order valence-electron chi connectivity index (χ4n) is 2.29. The fourth-order valence-corrected chi connectivity index (χ4v) is 2.52. The monoisotopic (exact) mass is 326 g/mol. The Morgan fingerprint density at radius 2 is 2.14 bits per heavy atom. The maximum absolute atomic E-state index is 11.9. The molecule has 2 rings (SSSR count). The molecule has 5 nitrogen and oxygen atoms in total. The van der Waals surface area contributed by atoms with E-state index < -0.39 is 0 Å². The van der Waals surface area contributed by atoms with E-state index in [0.29, 0.717) is 28.9 Å². The molecule has 0 aliphatic carbocycles. The molecule has 22 heavy (non-hydrogen) atoms. The van der Waals surface area contributed by atoms with Crippen molar-refractivity contribution in [2.45, 2.75) is 32.8 Å². The number of hydrogen-bond donors (Lipinski definition) is 2. The summed E-state index contributed by atoms with van der Waals surface area (Å²) in [6.07, 6.45) is 2.04. The van der Waals surface area contributed by atoms with E-state index in [1.54, 1.807) is 18.2 Å². The predicted octanol–water partition coefficient (Wildman–Crippen LogP) is 3.68. The van der Waals surface area contributed by atoms with Crippen LogP contribution in [0.15, 0.2) is 18.2 Å². The molecular formula is C16H23ClN2O3. The van der Waals surface area contributed by atoms with Gasteiger partial charge in [-0.05, 0) is 50.8 Å². The number of benzene rings is 1. The van der Waals surface area contributed by atoms with Crippen LogP contribution in [0.3, 0.4) is 0 Å². The first kappa shape index (κ1) is 16.9. The van der Waals surface area contributed by atoms with Gasteiger partial charge in [-0.3, -0.25) is 0 Å². The number of ether oxygens (including phenoxy) is 2. The first-order valence-corrected chi connectivity index (χ1v) is 8.01. The smallest absolute Gasteiger partial charge is 0.319 e. The molecule has 6 heteroatoms. The number of carbonyl (C=O) groups excluding carboxylic acids is 1. The summed E-state index contributed by atoms with van der Waals surface area (Å²) in [6, 6.07) is 5.00. The standard InChI is InChI=1S/C16H23ClN2O3/c1-11(2)22-15-4-3-13(9-14(15)17)19-16(20)18-10-12-5-7-21-8-6-12/h3-4,9,11-12H,5-8,10H2,1-2H3,(H2,18,19,20). The Morgan fingerprint density at radius 1 is 1.41 bits per heavy atom. The summed E-state index contributed by atoms with van der Waals surface area (Å²) in [4.78, 5) is 11.9. The lowest BCUT2D eigenvalue weighted by molar-refractivity contribution is 0.0671. The highest BCUT2D eigenvalue weighted by Crippen LogP contribution is 2.28. The Morgan fingerprint density at radius 3 is 2.77 bits per heavy atom. The molecule has 0 saturated carbocycles. The number of carbonyl (C=O) groups is 1. The lowest BCUT2D eigenvalue weighted by Crippen LogP contribution is -2.35. The lowest BCUT2D eigenvalue weighted by Gasteiger charge is -2.22. The minimum atomic E-state index is -0.222. The summed E-state index contributed by atoms with van der Waals surface area (Å²) in [7, 11) is 0. The molecule has 1 saturated heterocycles. The highest BCUT2D eigenvalue weighted by Gasteiger charge is 2.14. The Balaban J connectivity index is 1.82. The number of halogens is 1. The maximum Gasteiger partial charge on any atom is 0.319 e. The van der Waals surface area contributed by atoms with Crippen molar-refractivity contribution in [1.29, 1.82) is 0 Å². The van der Waals surface area contributed by atoms with Gasteiger partial charge in [0.05, 0.1) is 11.1 Å². The van der Waals surface area contributed by atoms with E-state index >= 15 is 0 Å². The van der Waals surface area contributed by atoms with Gasteiger partial charge in [0.15, 0.2) is 0 Å². The van der Waals surface area contributed by atoms with Gasteiger partial charge in [0.2, 0.25) is 0 Å². The molecular weight excluding hydrogens is 304 g/mol. The van der Waals surface area contributed by atoms with E-state index in [-0.39, 0.29) is 12.1 Å². The molecule has 2 amide bonds. The third-order valence-electron chi connectivity index (χ3n) is 3.44. The van der Waals surface area contributed by atoms with Crippen molar-refractivity contribution in [3.05, 3.63) is 23.2 Å². The summed E-state index contributed by atoms with van der Waals surface area (Å²) in [5.74, 6) is 1.11. The first-order chi connectivity index (χ1) is 10.5. The molecule has 1 aromatic rings. The molecule has 0 aromatic heterocycles. The van der Waals surface area contributed by atoms with Crippen molar-refractivity contribution in [3.8, 4) is 5.75 Å². The molecule has 0 spiro atoms. The van der Waals surface area contributed by atoms with Crippen LogP contribution in [0.2, 0.25) is 5.02 Å². The van der Waals surface area contributed by atoms with Crippen molar-refractivity contribution in [1.82, 2.24) is 5.32 Å². The van der Waals surface area contributed by atoms with Crippen molar-refractivity contribution in [3.63, 3.8) is 0 Å². The molecule has 1 fully saturated rings. The molecule has 0 bridgehead atoms. The minimum absolute atomic E-state index is 0.0547. The number of amides is 2. The second-order valence-electron chi connectivity index (χ2n) is 5.70. The molecule has 0 atom stereocenters. The zero-order valence-electron chi connectivity index (χ0n) is 13.0. The molecule has 1 aromatic carbocycles. The topological polar surface area (TPSA) is 59.6 Å². The van der Waals surface area contributed by atoms with Crippen molar-refractivity contribution >= 4 is 23.3 Å². The summed E-state index contributed by atoms with van der Waals surface area (Å²) >= 11 is 6.15. The SMILES string of the molecule is CC(C)Oc1ccc(NC(=O)NCC2CCOCC2)cc1Cl. The third-order valence-corrected chi connectivity index (χ3v) is 3.74. The van der Waals surface area contributed by atoms with Gasteiger partial charge in [0.25, 0.3) is 0 Å². The quantitative estimate of drug-likeness (QED) is 0.867. The minimum Gasteiger partial charge on any atom is -0.489 e. The van der Waals surface area contributed by atoms with Gasteiger partial charge in [-0.15, -0.1) is 0 Å². The molecule has 1 aliphatic rings. The second-order valence-corrected chi connectivity index (χ2v) is 6.11. The van der Waals surface area contributed by atoms with E-state index in [0.717, 1.165) is 26.1 Å². The second kappa shape index (κ2) is 8.25. The molecule has 2 N–H and O–H groups in total. The summed E-state index contributed by atoms with van der Waals surface area (Å²) < 4.78 is 10.9. The van der Waals surface area contributed by atoms with Crippen molar-refractivity contribution in [2.75, 3.05) is 25.1 Å².